The van der Waals surface area contributed by atoms with Crippen LogP contribution in [0.4, 0.5) is 4.39 Å². The molecule has 4 heteroatoms. The topological polar surface area (TPSA) is 20.3 Å². The van der Waals surface area contributed by atoms with Gasteiger partial charge in [-0.25, -0.2) is 4.39 Å². The van der Waals surface area contributed by atoms with Gasteiger partial charge < -0.3 is 4.90 Å². The normalized spacial score (nSPS) is 21.1. The van der Waals surface area contributed by atoms with E-state index in [1.165, 1.54) is 12.1 Å². The summed E-state index contributed by atoms with van der Waals surface area (Å²) in [5.74, 6) is -0.0975. The number of piperidine rings is 1. The second kappa shape index (κ2) is 8.39. The van der Waals surface area contributed by atoms with Crippen molar-refractivity contribution < 1.29 is 9.18 Å². The third-order valence-corrected chi connectivity index (χ3v) is 6.18. The molecule has 0 unspecified atom stereocenters. The highest BCUT2D eigenvalue weighted by atomic mass is 79.9. The summed E-state index contributed by atoms with van der Waals surface area (Å²) in [5.41, 5.74) is 1.89. The fourth-order valence-corrected chi connectivity index (χ4v) is 4.47. The first-order valence-corrected chi connectivity index (χ1v) is 10.2. The van der Waals surface area contributed by atoms with E-state index in [2.05, 4.69) is 41.6 Å². The molecule has 0 radical (unpaired) electrons. The molecule has 2 aromatic rings. The Balaban J connectivity index is 1.86. The zero-order valence-electron chi connectivity index (χ0n) is 15.6. The van der Waals surface area contributed by atoms with E-state index in [-0.39, 0.29) is 23.2 Å². The van der Waals surface area contributed by atoms with Crippen molar-refractivity contribution in [3.8, 4) is 0 Å². The highest BCUT2D eigenvalue weighted by molar-refractivity contribution is 9.10. The summed E-state index contributed by atoms with van der Waals surface area (Å²) >= 11 is 3.47. The van der Waals surface area contributed by atoms with Crippen molar-refractivity contribution in [2.45, 2.75) is 44.1 Å². The van der Waals surface area contributed by atoms with Crippen LogP contribution in [0.15, 0.2) is 65.7 Å². The van der Waals surface area contributed by atoms with E-state index < -0.39 is 0 Å². The molecule has 0 N–H and O–H groups in total. The van der Waals surface area contributed by atoms with Crippen molar-refractivity contribution in [1.29, 1.82) is 0 Å². The molecule has 0 spiro atoms. The largest absolute Gasteiger partial charge is 0.336 e. The van der Waals surface area contributed by atoms with Gasteiger partial charge in [0.05, 0.1) is 6.04 Å². The Bertz CT molecular complexity index is 802. The molecule has 3 rings (SSSR count). The second-order valence-corrected chi connectivity index (χ2v) is 8.19. The molecule has 1 amide bonds. The van der Waals surface area contributed by atoms with Crippen LogP contribution in [0.25, 0.3) is 0 Å². The van der Waals surface area contributed by atoms with Crippen LogP contribution in [0.1, 0.15) is 49.8 Å². The Labute approximate surface area is 169 Å². The van der Waals surface area contributed by atoms with E-state index in [4.69, 9.17) is 0 Å². The van der Waals surface area contributed by atoms with Crippen LogP contribution in [0, 0.1) is 5.82 Å². The summed E-state index contributed by atoms with van der Waals surface area (Å²) in [6, 6.07) is 14.9. The molecule has 0 saturated carbocycles. The average molecular weight is 430 g/mol. The molecule has 1 heterocycles. The molecule has 0 aromatic heterocycles. The van der Waals surface area contributed by atoms with Crippen molar-refractivity contribution in [3.05, 3.63) is 82.6 Å². The lowest BCUT2D eigenvalue weighted by Crippen LogP contribution is -2.47. The number of benzene rings is 2. The van der Waals surface area contributed by atoms with Crippen molar-refractivity contribution in [1.82, 2.24) is 4.90 Å². The molecule has 0 bridgehead atoms. The van der Waals surface area contributed by atoms with Crippen molar-refractivity contribution in [2.24, 2.45) is 0 Å². The molecule has 27 heavy (non-hydrogen) atoms. The number of nitrogens with zero attached hydrogens (tertiary/aromatic N) is 1. The number of likely N-dealkylation sites (tertiary alicyclic amines) is 1. The molecule has 0 aliphatic carbocycles. The van der Waals surface area contributed by atoms with Gasteiger partial charge in [0.25, 0.3) is 0 Å². The lowest BCUT2D eigenvalue weighted by atomic mass is 9.70. The number of carbonyl (C=O) groups is 1. The molecule has 1 aliphatic rings. The third kappa shape index (κ3) is 4.16. The lowest BCUT2D eigenvalue weighted by Gasteiger charge is -2.44. The van der Waals surface area contributed by atoms with Gasteiger partial charge in [-0.15, -0.1) is 6.58 Å². The average Bonchev–Trinajstić information content (AvgIpc) is 2.66. The summed E-state index contributed by atoms with van der Waals surface area (Å²) in [7, 11) is 0. The Kier molecular flexibility index (Phi) is 6.15. The fourth-order valence-electron chi connectivity index (χ4n) is 4.21. The van der Waals surface area contributed by atoms with Gasteiger partial charge in [0.1, 0.15) is 5.82 Å². The molecule has 1 aliphatic heterocycles. The highest BCUT2D eigenvalue weighted by Crippen LogP contribution is 2.42. The maximum absolute atomic E-state index is 13.4. The van der Waals surface area contributed by atoms with Crippen LogP contribution < -0.4 is 0 Å². The number of hydrogen-bond donors (Lipinski definition) is 0. The fraction of sp³-hybridized carbons (Fsp3) is 0.348. The predicted molar refractivity (Wildman–Crippen MR) is 111 cm³/mol. The molecule has 142 valence electrons. The van der Waals surface area contributed by atoms with Gasteiger partial charge in [0.2, 0.25) is 5.91 Å². The lowest BCUT2D eigenvalue weighted by molar-refractivity contribution is -0.138. The summed E-state index contributed by atoms with van der Waals surface area (Å²) in [6.45, 7) is 6.70. The van der Waals surface area contributed by atoms with E-state index >= 15 is 0 Å². The van der Waals surface area contributed by atoms with E-state index in [0.29, 0.717) is 19.4 Å². The van der Waals surface area contributed by atoms with Gasteiger partial charge in [-0.05, 0) is 54.7 Å². The van der Waals surface area contributed by atoms with Crippen LogP contribution in [0.2, 0.25) is 0 Å². The number of amides is 1. The number of carbonyl (C=O) groups excluding carboxylic acids is 1. The van der Waals surface area contributed by atoms with E-state index in [1.807, 2.05) is 35.2 Å². The number of hydrogen-bond acceptors (Lipinski definition) is 1. The number of halogens is 2. The van der Waals surface area contributed by atoms with Gasteiger partial charge in [-0.3, -0.25) is 4.79 Å². The molecule has 2 aromatic carbocycles. The Morgan fingerprint density at radius 3 is 2.44 bits per heavy atom. The SMILES string of the molecule is C=CC[C@]1(c2ccc(F)cc2)CCN([C@@H](CC)c2ccc(Br)cc2)C(=O)C1. The Morgan fingerprint density at radius 1 is 1.22 bits per heavy atom. The van der Waals surface area contributed by atoms with E-state index in [1.54, 1.807) is 0 Å². The minimum atomic E-state index is -0.291. The van der Waals surface area contributed by atoms with Crippen molar-refractivity contribution >= 4 is 21.8 Å². The zero-order chi connectivity index (χ0) is 19.4. The molecule has 1 fully saturated rings. The standard InChI is InChI=1S/C23H25BrFNO/c1-3-13-23(18-7-11-20(25)12-8-18)14-15-26(22(27)16-23)21(4-2)17-5-9-19(24)10-6-17/h3,5-12,21H,1,4,13-16H2,2H3/t21-,23-/m0/s1. The first-order chi connectivity index (χ1) is 13.0. The van der Waals surface area contributed by atoms with Gasteiger partial charge in [-0.1, -0.05) is 53.2 Å². The Hall–Kier alpha value is -1.94. The molecule has 1 saturated heterocycles. The minimum Gasteiger partial charge on any atom is -0.336 e. The predicted octanol–water partition coefficient (Wildman–Crippen LogP) is 6.18. The van der Waals surface area contributed by atoms with Crippen LogP contribution in [-0.2, 0) is 10.2 Å². The van der Waals surface area contributed by atoms with Crippen LogP contribution >= 0.6 is 15.9 Å². The summed E-state index contributed by atoms with van der Waals surface area (Å²) < 4.78 is 14.4. The summed E-state index contributed by atoms with van der Waals surface area (Å²) in [6.07, 6.45) is 4.74. The maximum Gasteiger partial charge on any atom is 0.223 e. The number of rotatable bonds is 6. The monoisotopic (exact) mass is 429 g/mol. The van der Waals surface area contributed by atoms with E-state index in [9.17, 15) is 9.18 Å². The van der Waals surface area contributed by atoms with Crippen molar-refractivity contribution in [2.75, 3.05) is 6.54 Å². The first-order valence-electron chi connectivity index (χ1n) is 9.41. The van der Waals surface area contributed by atoms with Gasteiger partial charge >= 0.3 is 0 Å². The maximum atomic E-state index is 13.4. The molecular formula is C23H25BrFNO. The van der Waals surface area contributed by atoms with Gasteiger partial charge in [0.15, 0.2) is 0 Å². The minimum absolute atomic E-state index is 0.0838. The quantitative estimate of drug-likeness (QED) is 0.502. The van der Waals surface area contributed by atoms with Crippen LogP contribution in [0.5, 0.6) is 0 Å². The Morgan fingerprint density at radius 2 is 1.89 bits per heavy atom. The first kappa shape index (κ1) is 19.8. The smallest absolute Gasteiger partial charge is 0.223 e. The molecule has 2 nitrogen and oxygen atoms in total. The van der Waals surface area contributed by atoms with Gasteiger partial charge in [-0.2, -0.15) is 0 Å². The summed E-state index contributed by atoms with van der Waals surface area (Å²) in [4.78, 5) is 15.2. The molecule has 2 atom stereocenters. The van der Waals surface area contributed by atoms with Crippen LogP contribution in [-0.4, -0.2) is 17.4 Å². The van der Waals surface area contributed by atoms with Gasteiger partial charge in [0, 0.05) is 22.9 Å². The highest BCUT2D eigenvalue weighted by Gasteiger charge is 2.41. The number of allylic oxidation sites excluding steroid dienone is 1. The zero-order valence-corrected chi connectivity index (χ0v) is 17.2. The van der Waals surface area contributed by atoms with E-state index in [0.717, 1.165) is 28.4 Å². The van der Waals surface area contributed by atoms with Crippen molar-refractivity contribution in [3.63, 3.8) is 0 Å². The summed E-state index contributed by atoms with van der Waals surface area (Å²) in [5, 5.41) is 0. The molecular weight excluding hydrogens is 405 g/mol. The third-order valence-electron chi connectivity index (χ3n) is 5.65. The second-order valence-electron chi connectivity index (χ2n) is 7.27. The van der Waals surface area contributed by atoms with Crippen LogP contribution in [0.3, 0.4) is 0 Å².